The number of pyridine rings is 1. The van der Waals surface area contributed by atoms with Crippen LogP contribution in [0.2, 0.25) is 0 Å². The second-order valence-electron chi connectivity index (χ2n) is 4.48. The minimum absolute atomic E-state index is 0.00514. The van der Waals surface area contributed by atoms with E-state index in [0.717, 1.165) is 12.1 Å². The Kier molecular flexibility index (Phi) is 3.71. The van der Waals surface area contributed by atoms with Crippen molar-refractivity contribution in [2.24, 2.45) is 5.84 Å². The number of piperazine rings is 1. The Morgan fingerprint density at radius 2 is 2.05 bits per heavy atom. The Balaban J connectivity index is 2.34. The van der Waals surface area contributed by atoms with E-state index in [0.29, 0.717) is 13.1 Å². The molecule has 0 aromatic carbocycles. The number of likely N-dealkylation sites (N-methyl/N-ethyl adjacent to an activating group) is 1. The second kappa shape index (κ2) is 5.16. The van der Waals surface area contributed by atoms with Crippen molar-refractivity contribution in [2.45, 2.75) is 6.18 Å². The molecule has 1 aliphatic rings. The number of nitrogen functional groups attached to an aromatic ring is 1. The van der Waals surface area contributed by atoms with E-state index >= 15 is 0 Å². The van der Waals surface area contributed by atoms with Gasteiger partial charge in [-0.3, -0.25) is 4.79 Å². The lowest BCUT2D eigenvalue weighted by Crippen LogP contribution is -2.48. The summed E-state index contributed by atoms with van der Waals surface area (Å²) in [4.78, 5) is 18.6. The first-order valence-corrected chi connectivity index (χ1v) is 5.86. The van der Waals surface area contributed by atoms with Crippen LogP contribution in [0.15, 0.2) is 12.1 Å². The molecule has 0 atom stereocenters. The van der Waals surface area contributed by atoms with Crippen molar-refractivity contribution in [3.63, 3.8) is 0 Å². The van der Waals surface area contributed by atoms with E-state index in [4.69, 9.17) is 5.84 Å². The van der Waals surface area contributed by atoms with Crippen LogP contribution in [0.3, 0.4) is 0 Å². The molecule has 0 radical (unpaired) electrons. The highest BCUT2D eigenvalue weighted by Crippen LogP contribution is 2.32. The molecule has 1 aliphatic heterocycles. The Morgan fingerprint density at radius 3 is 2.60 bits per heavy atom. The number of hydrogen-bond acceptors (Lipinski definition) is 5. The third-order valence-corrected chi connectivity index (χ3v) is 3.07. The van der Waals surface area contributed by atoms with E-state index in [1.54, 1.807) is 7.05 Å². The number of alkyl halides is 3. The predicted molar refractivity (Wildman–Crippen MR) is 66.9 cm³/mol. The lowest BCUT2D eigenvalue weighted by Gasteiger charge is -2.33. The molecule has 0 bridgehead atoms. The molecule has 9 heteroatoms. The number of nitrogens with one attached hydrogen (secondary N) is 1. The zero-order valence-corrected chi connectivity index (χ0v) is 10.7. The summed E-state index contributed by atoms with van der Waals surface area (Å²) in [6.07, 6.45) is -4.50. The van der Waals surface area contributed by atoms with Gasteiger partial charge in [-0.15, -0.1) is 0 Å². The van der Waals surface area contributed by atoms with Crippen molar-refractivity contribution >= 4 is 17.5 Å². The molecule has 0 unspecified atom stereocenters. The summed E-state index contributed by atoms with van der Waals surface area (Å²) in [5, 5.41) is 0. The molecule has 1 aromatic rings. The molecular formula is C11H14F3N5O. The fourth-order valence-corrected chi connectivity index (χ4v) is 1.87. The Bertz CT molecular complexity index is 519. The number of aromatic nitrogens is 1. The maximum atomic E-state index is 12.8. The minimum Gasteiger partial charge on any atom is -0.345 e. The van der Waals surface area contributed by atoms with E-state index in [1.165, 1.54) is 9.80 Å². The lowest BCUT2D eigenvalue weighted by molar-refractivity contribution is -0.137. The molecule has 1 fully saturated rings. The summed E-state index contributed by atoms with van der Waals surface area (Å²) in [6.45, 7) is 0.845. The normalized spacial score (nSPS) is 16.6. The molecule has 20 heavy (non-hydrogen) atoms. The van der Waals surface area contributed by atoms with Crippen molar-refractivity contribution in [1.82, 2.24) is 9.88 Å². The maximum Gasteiger partial charge on any atom is 0.416 e. The number of hydrazine groups is 1. The average molecular weight is 289 g/mol. The van der Waals surface area contributed by atoms with Gasteiger partial charge in [-0.1, -0.05) is 0 Å². The molecule has 3 N–H and O–H groups in total. The number of anilines is 2. The van der Waals surface area contributed by atoms with Crippen LogP contribution in [-0.4, -0.2) is 42.5 Å². The highest BCUT2D eigenvalue weighted by atomic mass is 19.4. The zero-order chi connectivity index (χ0) is 14.9. The number of halogens is 3. The van der Waals surface area contributed by atoms with Crippen LogP contribution in [0.25, 0.3) is 0 Å². The average Bonchev–Trinajstić information content (AvgIpc) is 2.40. The number of carbonyl (C=O) groups excluding carboxylic acids is 1. The van der Waals surface area contributed by atoms with Gasteiger partial charge in [0.1, 0.15) is 11.6 Å². The SMILES string of the molecule is CN1CCN(c2cc(C(F)(F)F)cc(NN)n2)CC1=O. The van der Waals surface area contributed by atoms with Gasteiger partial charge in [0.25, 0.3) is 0 Å². The fourth-order valence-electron chi connectivity index (χ4n) is 1.87. The Hall–Kier alpha value is -2.03. The molecule has 1 amide bonds. The van der Waals surface area contributed by atoms with Crippen LogP contribution in [0.4, 0.5) is 24.8 Å². The number of nitrogens with two attached hydrogens (primary N) is 1. The summed E-state index contributed by atoms with van der Waals surface area (Å²) in [5.41, 5.74) is 1.25. The first-order valence-electron chi connectivity index (χ1n) is 5.86. The van der Waals surface area contributed by atoms with Crippen LogP contribution in [0, 0.1) is 0 Å². The zero-order valence-electron chi connectivity index (χ0n) is 10.7. The summed E-state index contributed by atoms with van der Waals surface area (Å²) < 4.78 is 38.4. The summed E-state index contributed by atoms with van der Waals surface area (Å²) >= 11 is 0. The van der Waals surface area contributed by atoms with E-state index in [1.807, 2.05) is 0 Å². The van der Waals surface area contributed by atoms with Crippen molar-refractivity contribution in [1.29, 1.82) is 0 Å². The summed E-state index contributed by atoms with van der Waals surface area (Å²) in [7, 11) is 1.64. The van der Waals surface area contributed by atoms with Gasteiger partial charge in [0.05, 0.1) is 12.1 Å². The van der Waals surface area contributed by atoms with Gasteiger partial charge < -0.3 is 15.2 Å². The predicted octanol–water partition coefficient (Wildman–Crippen LogP) is 0.664. The molecule has 110 valence electrons. The van der Waals surface area contributed by atoms with Gasteiger partial charge in [0.15, 0.2) is 0 Å². The Morgan fingerprint density at radius 1 is 1.35 bits per heavy atom. The molecular weight excluding hydrogens is 275 g/mol. The molecule has 1 saturated heterocycles. The number of hydrogen-bond donors (Lipinski definition) is 2. The van der Waals surface area contributed by atoms with Gasteiger partial charge in [-0.2, -0.15) is 13.2 Å². The van der Waals surface area contributed by atoms with Crippen molar-refractivity contribution in [3.8, 4) is 0 Å². The molecule has 1 aromatic heterocycles. The number of nitrogens with zero attached hydrogens (tertiary/aromatic N) is 3. The lowest BCUT2D eigenvalue weighted by atomic mass is 10.2. The molecule has 6 nitrogen and oxygen atoms in total. The minimum atomic E-state index is -4.50. The number of amides is 1. The summed E-state index contributed by atoms with van der Waals surface area (Å²) in [6, 6.07) is 1.74. The quantitative estimate of drug-likeness (QED) is 0.618. The Labute approximate surface area is 113 Å². The van der Waals surface area contributed by atoms with Crippen molar-refractivity contribution < 1.29 is 18.0 Å². The van der Waals surface area contributed by atoms with Gasteiger partial charge in [-0.05, 0) is 12.1 Å². The molecule has 0 aliphatic carbocycles. The fraction of sp³-hybridized carbons (Fsp3) is 0.455. The number of carbonyl (C=O) groups is 1. The van der Waals surface area contributed by atoms with Crippen LogP contribution >= 0.6 is 0 Å². The smallest absolute Gasteiger partial charge is 0.345 e. The van der Waals surface area contributed by atoms with Crippen LogP contribution in [0.1, 0.15) is 5.56 Å². The molecule has 2 rings (SSSR count). The highest BCUT2D eigenvalue weighted by Gasteiger charge is 2.33. The monoisotopic (exact) mass is 289 g/mol. The van der Waals surface area contributed by atoms with E-state index in [2.05, 4.69) is 10.4 Å². The first-order chi connectivity index (χ1) is 9.31. The van der Waals surface area contributed by atoms with Crippen molar-refractivity contribution in [3.05, 3.63) is 17.7 Å². The van der Waals surface area contributed by atoms with E-state index < -0.39 is 11.7 Å². The van der Waals surface area contributed by atoms with E-state index in [-0.39, 0.29) is 24.1 Å². The highest BCUT2D eigenvalue weighted by molar-refractivity contribution is 5.82. The maximum absolute atomic E-state index is 12.8. The topological polar surface area (TPSA) is 74.5 Å². The van der Waals surface area contributed by atoms with Gasteiger partial charge in [0, 0.05) is 20.1 Å². The number of rotatable bonds is 2. The summed E-state index contributed by atoms with van der Waals surface area (Å²) in [5.74, 6) is 4.95. The first kappa shape index (κ1) is 14.4. The standard InChI is InChI=1S/C11H14F3N5O/c1-18-2-3-19(6-10(18)20)9-5-7(11(12,13)14)4-8(16-9)17-15/h4-5H,2-3,6,15H2,1H3,(H,16,17). The van der Waals surface area contributed by atoms with Crippen LogP contribution < -0.4 is 16.2 Å². The second-order valence-corrected chi connectivity index (χ2v) is 4.48. The van der Waals surface area contributed by atoms with Gasteiger partial charge in [-0.25, -0.2) is 10.8 Å². The van der Waals surface area contributed by atoms with Crippen LogP contribution in [0.5, 0.6) is 0 Å². The third kappa shape index (κ3) is 2.93. The van der Waals surface area contributed by atoms with Gasteiger partial charge in [0.2, 0.25) is 5.91 Å². The molecule has 0 saturated carbocycles. The van der Waals surface area contributed by atoms with Crippen molar-refractivity contribution in [2.75, 3.05) is 37.0 Å². The molecule has 2 heterocycles. The molecule has 0 spiro atoms. The van der Waals surface area contributed by atoms with Crippen LogP contribution in [-0.2, 0) is 11.0 Å². The van der Waals surface area contributed by atoms with E-state index in [9.17, 15) is 18.0 Å². The third-order valence-electron chi connectivity index (χ3n) is 3.07. The largest absolute Gasteiger partial charge is 0.416 e. The van der Waals surface area contributed by atoms with Gasteiger partial charge >= 0.3 is 6.18 Å².